The van der Waals surface area contributed by atoms with Crippen molar-refractivity contribution in [1.82, 2.24) is 4.98 Å². The lowest BCUT2D eigenvalue weighted by Crippen LogP contribution is -2.07. The number of hydrogen-bond acceptors (Lipinski definition) is 7. The third-order valence-electron chi connectivity index (χ3n) is 4.64. The number of aromatic nitrogens is 1. The molecule has 7 heteroatoms. The van der Waals surface area contributed by atoms with E-state index in [9.17, 15) is 4.79 Å². The zero-order valence-electron chi connectivity index (χ0n) is 17.2. The molecule has 0 aliphatic rings. The van der Waals surface area contributed by atoms with Crippen molar-refractivity contribution in [2.45, 2.75) is 11.5 Å². The van der Waals surface area contributed by atoms with Crippen molar-refractivity contribution in [3.63, 3.8) is 0 Å². The van der Waals surface area contributed by atoms with E-state index >= 15 is 0 Å². The first-order valence-electron chi connectivity index (χ1n) is 9.61. The fraction of sp³-hybridized carbons (Fsp3) is 0.167. The van der Waals surface area contributed by atoms with Gasteiger partial charge >= 0.3 is 5.97 Å². The van der Waals surface area contributed by atoms with E-state index in [1.165, 1.54) is 28.5 Å². The molecule has 0 amide bonds. The monoisotopic (exact) mass is 451 g/mol. The quantitative estimate of drug-likeness (QED) is 0.249. The van der Waals surface area contributed by atoms with Crippen LogP contribution >= 0.6 is 23.1 Å². The van der Waals surface area contributed by atoms with Crippen LogP contribution in [0.4, 0.5) is 0 Å². The van der Waals surface area contributed by atoms with Gasteiger partial charge in [-0.3, -0.25) is 4.79 Å². The van der Waals surface area contributed by atoms with Crippen molar-refractivity contribution in [3.8, 4) is 22.1 Å². The van der Waals surface area contributed by atoms with E-state index in [0.29, 0.717) is 17.2 Å². The summed E-state index contributed by atoms with van der Waals surface area (Å²) in [5.74, 6) is 1.26. The van der Waals surface area contributed by atoms with Crippen LogP contribution in [0.1, 0.15) is 5.69 Å². The van der Waals surface area contributed by atoms with Crippen LogP contribution in [0.2, 0.25) is 0 Å². The summed E-state index contributed by atoms with van der Waals surface area (Å²) in [6, 6.07) is 20.0. The van der Waals surface area contributed by atoms with Crippen LogP contribution in [0.5, 0.6) is 11.5 Å². The molecule has 0 spiro atoms. The minimum absolute atomic E-state index is 0.139. The number of ether oxygens (including phenoxy) is 3. The van der Waals surface area contributed by atoms with Gasteiger partial charge in [-0.1, -0.05) is 36.4 Å². The lowest BCUT2D eigenvalue weighted by Gasteiger charge is -2.10. The number of carbonyl (C=O) groups excluding carboxylic acids is 1. The van der Waals surface area contributed by atoms with Gasteiger partial charge in [0.15, 0.2) is 11.5 Å². The standard InChI is InChI=1S/C24H21NO4S2/c1-27-21-9-5-8-20(23(21)28-2)24-25-18(14-31-24)13-29-22(26)15-30-19-11-10-16-6-3-4-7-17(16)12-19/h3-12,14H,13,15H2,1-2H3. The van der Waals surface area contributed by atoms with Crippen LogP contribution in [-0.2, 0) is 16.1 Å². The van der Waals surface area contributed by atoms with Gasteiger partial charge in [0.05, 0.1) is 31.2 Å². The van der Waals surface area contributed by atoms with Crippen LogP contribution in [-0.4, -0.2) is 30.9 Å². The fourth-order valence-electron chi connectivity index (χ4n) is 3.15. The topological polar surface area (TPSA) is 57.7 Å². The molecule has 0 radical (unpaired) electrons. The number of thiazole rings is 1. The zero-order valence-corrected chi connectivity index (χ0v) is 18.8. The summed E-state index contributed by atoms with van der Waals surface area (Å²) in [5.41, 5.74) is 1.55. The second-order valence-corrected chi connectivity index (χ2v) is 8.55. The Morgan fingerprint density at radius 3 is 2.65 bits per heavy atom. The summed E-state index contributed by atoms with van der Waals surface area (Å²) >= 11 is 2.94. The molecule has 4 aromatic rings. The maximum atomic E-state index is 12.2. The normalized spacial score (nSPS) is 10.8. The van der Waals surface area contributed by atoms with Crippen LogP contribution < -0.4 is 9.47 Å². The maximum Gasteiger partial charge on any atom is 0.316 e. The van der Waals surface area contributed by atoms with Crippen LogP contribution in [0, 0.1) is 0 Å². The Labute approximate surface area is 189 Å². The van der Waals surface area contributed by atoms with Crippen molar-refractivity contribution >= 4 is 39.8 Å². The van der Waals surface area contributed by atoms with Gasteiger partial charge in [0.2, 0.25) is 0 Å². The van der Waals surface area contributed by atoms with Gasteiger partial charge in [-0.15, -0.1) is 23.1 Å². The van der Waals surface area contributed by atoms with Gasteiger partial charge in [-0.2, -0.15) is 0 Å². The molecule has 0 N–H and O–H groups in total. The Kier molecular flexibility index (Phi) is 6.74. The number of methoxy groups -OCH3 is 2. The number of thioether (sulfide) groups is 1. The molecule has 1 heterocycles. The molecule has 0 aliphatic heterocycles. The van der Waals surface area contributed by atoms with Gasteiger partial charge in [0, 0.05) is 10.3 Å². The molecule has 0 unspecified atom stereocenters. The number of rotatable bonds is 8. The minimum Gasteiger partial charge on any atom is -0.493 e. The van der Waals surface area contributed by atoms with Crippen molar-refractivity contribution in [2.24, 2.45) is 0 Å². The van der Waals surface area contributed by atoms with Gasteiger partial charge in [0.1, 0.15) is 11.6 Å². The van der Waals surface area contributed by atoms with E-state index in [0.717, 1.165) is 20.9 Å². The second-order valence-electron chi connectivity index (χ2n) is 6.64. The minimum atomic E-state index is -0.272. The van der Waals surface area contributed by atoms with E-state index in [1.54, 1.807) is 14.2 Å². The predicted molar refractivity (Wildman–Crippen MR) is 125 cm³/mol. The van der Waals surface area contributed by atoms with E-state index in [2.05, 4.69) is 29.2 Å². The molecule has 5 nitrogen and oxygen atoms in total. The summed E-state index contributed by atoms with van der Waals surface area (Å²) in [6.07, 6.45) is 0. The molecule has 3 aromatic carbocycles. The predicted octanol–water partition coefficient (Wildman–Crippen LogP) is 5.82. The largest absolute Gasteiger partial charge is 0.493 e. The van der Waals surface area contributed by atoms with Crippen LogP contribution in [0.3, 0.4) is 0 Å². The molecule has 1 aromatic heterocycles. The summed E-state index contributed by atoms with van der Waals surface area (Å²) < 4.78 is 16.3. The lowest BCUT2D eigenvalue weighted by molar-refractivity contribution is -0.141. The van der Waals surface area contributed by atoms with Gasteiger partial charge in [-0.05, 0) is 35.0 Å². The Bertz CT molecular complexity index is 1210. The highest BCUT2D eigenvalue weighted by molar-refractivity contribution is 8.00. The summed E-state index contributed by atoms with van der Waals surface area (Å²) in [7, 11) is 3.20. The number of carbonyl (C=O) groups is 1. The van der Waals surface area contributed by atoms with E-state index in [4.69, 9.17) is 14.2 Å². The molecule has 0 saturated heterocycles. The average molecular weight is 452 g/mol. The number of esters is 1. The fourth-order valence-corrected chi connectivity index (χ4v) is 4.72. The Morgan fingerprint density at radius 1 is 1.00 bits per heavy atom. The molecule has 0 bridgehead atoms. The molecular formula is C24H21NO4S2. The molecule has 158 valence electrons. The molecule has 0 atom stereocenters. The summed E-state index contributed by atoms with van der Waals surface area (Å²) in [4.78, 5) is 17.8. The SMILES string of the molecule is COc1cccc(-c2nc(COC(=O)CSc3ccc4ccccc4c3)cs2)c1OC. The molecule has 4 rings (SSSR count). The van der Waals surface area contributed by atoms with Gasteiger partial charge < -0.3 is 14.2 Å². The highest BCUT2D eigenvalue weighted by Crippen LogP contribution is 2.39. The van der Waals surface area contributed by atoms with Crippen LogP contribution in [0.25, 0.3) is 21.3 Å². The van der Waals surface area contributed by atoms with Crippen molar-refractivity contribution in [2.75, 3.05) is 20.0 Å². The number of para-hydroxylation sites is 1. The number of nitrogens with zero attached hydrogens (tertiary/aromatic N) is 1. The number of hydrogen-bond donors (Lipinski definition) is 0. The van der Waals surface area contributed by atoms with Gasteiger partial charge in [-0.25, -0.2) is 4.98 Å². The summed E-state index contributed by atoms with van der Waals surface area (Å²) in [5, 5.41) is 5.01. The summed E-state index contributed by atoms with van der Waals surface area (Å²) in [6.45, 7) is 0.139. The molecular weight excluding hydrogens is 430 g/mol. The zero-order chi connectivity index (χ0) is 21.6. The highest BCUT2D eigenvalue weighted by atomic mass is 32.2. The van der Waals surface area contributed by atoms with E-state index in [-0.39, 0.29) is 18.3 Å². The van der Waals surface area contributed by atoms with Crippen molar-refractivity contribution in [3.05, 3.63) is 71.7 Å². The molecule has 0 saturated carbocycles. The smallest absolute Gasteiger partial charge is 0.316 e. The first-order chi connectivity index (χ1) is 15.2. The highest BCUT2D eigenvalue weighted by Gasteiger charge is 2.15. The Balaban J connectivity index is 1.34. The lowest BCUT2D eigenvalue weighted by atomic mass is 10.1. The molecule has 0 fully saturated rings. The molecule has 0 aliphatic carbocycles. The Hall–Kier alpha value is -3.03. The second kappa shape index (κ2) is 9.85. The van der Waals surface area contributed by atoms with Gasteiger partial charge in [0.25, 0.3) is 0 Å². The van der Waals surface area contributed by atoms with Crippen molar-refractivity contribution < 1.29 is 19.0 Å². The third-order valence-corrected chi connectivity index (χ3v) is 6.54. The first kappa shape index (κ1) is 21.2. The third kappa shape index (κ3) is 5.00. The van der Waals surface area contributed by atoms with E-state index in [1.807, 2.05) is 41.8 Å². The van der Waals surface area contributed by atoms with Crippen molar-refractivity contribution in [1.29, 1.82) is 0 Å². The first-order valence-corrected chi connectivity index (χ1v) is 11.5. The Morgan fingerprint density at radius 2 is 1.84 bits per heavy atom. The number of benzene rings is 3. The average Bonchev–Trinajstić information content (AvgIpc) is 3.29. The van der Waals surface area contributed by atoms with E-state index < -0.39 is 0 Å². The molecule has 31 heavy (non-hydrogen) atoms. The number of fused-ring (bicyclic) bond motifs is 1. The van der Waals surface area contributed by atoms with Crippen LogP contribution in [0.15, 0.2) is 70.9 Å². The maximum absolute atomic E-state index is 12.2.